The number of nitrogens with zero attached hydrogens (tertiary/aromatic N) is 1. The minimum absolute atomic E-state index is 0.0249. The Morgan fingerprint density at radius 3 is 2.66 bits per heavy atom. The largest absolute Gasteiger partial charge is 0.485 e. The molecule has 3 aromatic rings. The van der Waals surface area contributed by atoms with Gasteiger partial charge >= 0.3 is 5.97 Å². The minimum atomic E-state index is -1.01. The maximum absolute atomic E-state index is 12.4. The molecule has 0 spiro atoms. The first-order valence-electron chi connectivity index (χ1n) is 9.01. The first-order valence-corrected chi connectivity index (χ1v) is 9.89. The van der Waals surface area contributed by atoms with Crippen molar-refractivity contribution in [1.29, 1.82) is 0 Å². The summed E-state index contributed by atoms with van der Waals surface area (Å²) in [5.41, 5.74) is 1.72. The van der Waals surface area contributed by atoms with Gasteiger partial charge in [-0.25, -0.2) is 9.78 Å². The van der Waals surface area contributed by atoms with Gasteiger partial charge < -0.3 is 14.2 Å². The van der Waals surface area contributed by atoms with Crippen LogP contribution in [0, 0.1) is 0 Å². The summed E-state index contributed by atoms with van der Waals surface area (Å²) in [5.74, 6) is -0.0925. The third-order valence-electron chi connectivity index (χ3n) is 4.24. The molecule has 0 unspecified atom stereocenters. The number of carbonyl (C=O) groups excluding carboxylic acids is 2. The van der Waals surface area contributed by atoms with Crippen LogP contribution in [0.25, 0.3) is 11.3 Å². The average Bonchev–Trinajstić information content (AvgIpc) is 3.22. The van der Waals surface area contributed by atoms with E-state index in [-0.39, 0.29) is 6.61 Å². The van der Waals surface area contributed by atoms with Gasteiger partial charge in [0.15, 0.2) is 22.7 Å². The quantitative estimate of drug-likeness (QED) is 0.648. The number of para-hydroxylation sites is 2. The number of benzene rings is 2. The summed E-state index contributed by atoms with van der Waals surface area (Å²) in [6, 6.07) is 16.7. The van der Waals surface area contributed by atoms with Crippen LogP contribution in [0.15, 0.2) is 60.0 Å². The van der Waals surface area contributed by atoms with Crippen LogP contribution < -0.4 is 14.8 Å². The molecule has 0 bridgehead atoms. The molecule has 4 rings (SSSR count). The van der Waals surface area contributed by atoms with E-state index in [1.54, 1.807) is 18.2 Å². The van der Waals surface area contributed by atoms with Crippen LogP contribution in [0.5, 0.6) is 11.5 Å². The van der Waals surface area contributed by atoms with E-state index in [0.717, 1.165) is 11.3 Å². The highest BCUT2D eigenvalue weighted by Crippen LogP contribution is 2.31. The van der Waals surface area contributed by atoms with Crippen molar-refractivity contribution in [3.8, 4) is 22.8 Å². The highest BCUT2D eigenvalue weighted by molar-refractivity contribution is 7.14. The van der Waals surface area contributed by atoms with Crippen molar-refractivity contribution < 1.29 is 23.8 Å². The number of thiazole rings is 1. The number of fused-ring (bicyclic) bond motifs is 1. The predicted molar refractivity (Wildman–Crippen MR) is 108 cm³/mol. The van der Waals surface area contributed by atoms with E-state index in [1.165, 1.54) is 18.3 Å². The zero-order chi connectivity index (χ0) is 20.2. The van der Waals surface area contributed by atoms with E-state index in [9.17, 15) is 9.59 Å². The number of anilines is 1. The maximum atomic E-state index is 12.4. The first kappa shape index (κ1) is 18.9. The minimum Gasteiger partial charge on any atom is -0.485 e. The topological polar surface area (TPSA) is 86.8 Å². The predicted octanol–water partition coefficient (Wildman–Crippen LogP) is 3.52. The molecule has 0 aliphatic carbocycles. The number of amides is 1. The van der Waals surface area contributed by atoms with Gasteiger partial charge in [-0.05, 0) is 19.1 Å². The van der Waals surface area contributed by atoms with Crippen molar-refractivity contribution in [3.63, 3.8) is 0 Å². The van der Waals surface area contributed by atoms with Crippen LogP contribution in [-0.2, 0) is 14.3 Å². The number of carbonyl (C=O) groups is 2. The molecular formula is C21H18N2O5S. The Morgan fingerprint density at radius 2 is 1.86 bits per heavy atom. The standard InChI is InChI=1S/C21H18N2O5S/c1-13(27-20(25)18-11-26-16-9-5-6-10-17(16)28-18)19(24)23-21-22-15(12-29-21)14-7-3-2-4-8-14/h2-10,12-13,18H,11H2,1H3,(H,22,23,24)/t13-,18+/m1/s1. The van der Waals surface area contributed by atoms with E-state index >= 15 is 0 Å². The van der Waals surface area contributed by atoms with Crippen LogP contribution in [0.1, 0.15) is 6.92 Å². The molecule has 1 aromatic heterocycles. The van der Waals surface area contributed by atoms with E-state index in [2.05, 4.69) is 10.3 Å². The zero-order valence-corrected chi connectivity index (χ0v) is 16.3. The Bertz CT molecular complexity index is 1020. The second kappa shape index (κ2) is 8.32. The SMILES string of the molecule is C[C@@H](OC(=O)[C@@H]1COc2ccccc2O1)C(=O)Nc1nc(-c2ccccc2)cs1. The van der Waals surface area contributed by atoms with Crippen molar-refractivity contribution >= 4 is 28.3 Å². The lowest BCUT2D eigenvalue weighted by atomic mass is 10.2. The summed E-state index contributed by atoms with van der Waals surface area (Å²) in [6.07, 6.45) is -1.93. The normalized spacial score (nSPS) is 16.0. The van der Waals surface area contributed by atoms with Gasteiger partial charge in [0.1, 0.15) is 6.61 Å². The molecule has 0 saturated heterocycles. The molecule has 0 radical (unpaired) electrons. The maximum Gasteiger partial charge on any atom is 0.351 e. The van der Waals surface area contributed by atoms with Crippen LogP contribution in [0.2, 0.25) is 0 Å². The van der Waals surface area contributed by atoms with E-state index in [1.807, 2.05) is 41.8 Å². The van der Waals surface area contributed by atoms with Gasteiger partial charge in [0, 0.05) is 10.9 Å². The van der Waals surface area contributed by atoms with Gasteiger partial charge in [-0.15, -0.1) is 11.3 Å². The van der Waals surface area contributed by atoms with Gasteiger partial charge in [-0.2, -0.15) is 0 Å². The summed E-state index contributed by atoms with van der Waals surface area (Å²) < 4.78 is 16.4. The molecule has 2 heterocycles. The van der Waals surface area contributed by atoms with Crippen molar-refractivity contribution in [2.75, 3.05) is 11.9 Å². The van der Waals surface area contributed by atoms with E-state index in [4.69, 9.17) is 14.2 Å². The molecule has 0 saturated carbocycles. The lowest BCUT2D eigenvalue weighted by Crippen LogP contribution is -2.41. The van der Waals surface area contributed by atoms with Crippen LogP contribution in [0.4, 0.5) is 5.13 Å². The number of hydrogen-bond acceptors (Lipinski definition) is 7. The molecular weight excluding hydrogens is 392 g/mol. The molecule has 29 heavy (non-hydrogen) atoms. The van der Waals surface area contributed by atoms with Crippen LogP contribution in [0.3, 0.4) is 0 Å². The second-order valence-corrected chi connectivity index (χ2v) is 7.19. The number of ether oxygens (including phenoxy) is 3. The number of aromatic nitrogens is 1. The summed E-state index contributed by atoms with van der Waals surface area (Å²) >= 11 is 1.30. The molecule has 1 amide bonds. The fourth-order valence-electron chi connectivity index (χ4n) is 2.72. The van der Waals surface area contributed by atoms with Crippen molar-refractivity contribution in [2.24, 2.45) is 0 Å². The van der Waals surface area contributed by atoms with Gasteiger partial charge in [0.05, 0.1) is 5.69 Å². The average molecular weight is 410 g/mol. The molecule has 1 aliphatic heterocycles. The highest BCUT2D eigenvalue weighted by Gasteiger charge is 2.31. The Morgan fingerprint density at radius 1 is 1.14 bits per heavy atom. The molecule has 148 valence electrons. The molecule has 1 aliphatic rings. The highest BCUT2D eigenvalue weighted by atomic mass is 32.1. The summed E-state index contributed by atoms with van der Waals surface area (Å²) in [4.78, 5) is 29.1. The Hall–Kier alpha value is -3.39. The third kappa shape index (κ3) is 4.38. The van der Waals surface area contributed by atoms with Gasteiger partial charge in [-0.1, -0.05) is 42.5 Å². The third-order valence-corrected chi connectivity index (χ3v) is 5.00. The summed E-state index contributed by atoms with van der Waals surface area (Å²) in [7, 11) is 0. The van der Waals surface area contributed by atoms with E-state index in [0.29, 0.717) is 16.6 Å². The summed E-state index contributed by atoms with van der Waals surface area (Å²) in [5, 5.41) is 4.96. The van der Waals surface area contributed by atoms with E-state index < -0.39 is 24.1 Å². The Labute approximate surface area is 171 Å². The first-order chi connectivity index (χ1) is 14.1. The number of hydrogen-bond donors (Lipinski definition) is 1. The smallest absolute Gasteiger partial charge is 0.351 e. The fraction of sp³-hybridized carbons (Fsp3) is 0.190. The van der Waals surface area contributed by atoms with Gasteiger partial charge in [-0.3, -0.25) is 10.1 Å². The zero-order valence-electron chi connectivity index (χ0n) is 15.5. The Kier molecular flexibility index (Phi) is 5.44. The molecule has 2 aromatic carbocycles. The van der Waals surface area contributed by atoms with Crippen molar-refractivity contribution in [2.45, 2.75) is 19.1 Å². The molecule has 1 N–H and O–H groups in total. The number of nitrogens with one attached hydrogen (secondary N) is 1. The molecule has 0 fully saturated rings. The van der Waals surface area contributed by atoms with Crippen LogP contribution >= 0.6 is 11.3 Å². The summed E-state index contributed by atoms with van der Waals surface area (Å²) in [6.45, 7) is 1.52. The molecule has 2 atom stereocenters. The fourth-order valence-corrected chi connectivity index (χ4v) is 3.44. The lowest BCUT2D eigenvalue weighted by Gasteiger charge is -2.25. The van der Waals surface area contributed by atoms with Gasteiger partial charge in [0.2, 0.25) is 6.10 Å². The lowest BCUT2D eigenvalue weighted by molar-refractivity contribution is -0.162. The van der Waals surface area contributed by atoms with Gasteiger partial charge in [0.25, 0.3) is 5.91 Å². The van der Waals surface area contributed by atoms with Crippen LogP contribution in [-0.4, -0.2) is 35.7 Å². The van der Waals surface area contributed by atoms with Crippen molar-refractivity contribution in [3.05, 3.63) is 60.0 Å². The second-order valence-electron chi connectivity index (χ2n) is 6.34. The molecule has 8 heteroatoms. The Balaban J connectivity index is 1.33. The van der Waals surface area contributed by atoms with Crippen molar-refractivity contribution in [1.82, 2.24) is 4.98 Å². The molecule has 7 nitrogen and oxygen atoms in total. The monoisotopic (exact) mass is 410 g/mol. The number of esters is 1. The number of rotatable bonds is 5.